The molecule has 2 N–H and O–H groups in total. The standard InChI is InChI=1S/C17H13ClN6O2/c1-25-13-8-2-10(3-9-13)16-20-17(26-22-16)14-15(19)24(23-21-14)12-6-4-11(18)5-7-12/h2-9H,19H2,1H3. The lowest BCUT2D eigenvalue weighted by atomic mass is 10.2. The number of nitrogens with two attached hydrogens (primary N) is 1. The first kappa shape index (κ1) is 16.1. The molecule has 0 radical (unpaired) electrons. The van der Waals surface area contributed by atoms with Crippen LogP contribution in [0.25, 0.3) is 28.7 Å². The van der Waals surface area contributed by atoms with Gasteiger partial charge in [0, 0.05) is 10.6 Å². The van der Waals surface area contributed by atoms with Gasteiger partial charge < -0.3 is 15.0 Å². The summed E-state index contributed by atoms with van der Waals surface area (Å²) in [6, 6.07) is 14.4. The SMILES string of the molecule is COc1ccc(-c2noc(-c3nnn(-c4ccc(Cl)cc4)c3N)n2)cc1. The molecule has 0 atom stereocenters. The summed E-state index contributed by atoms with van der Waals surface area (Å²) in [5, 5.41) is 12.7. The molecule has 26 heavy (non-hydrogen) atoms. The second kappa shape index (κ2) is 6.49. The highest BCUT2D eigenvalue weighted by Crippen LogP contribution is 2.27. The van der Waals surface area contributed by atoms with Crippen molar-refractivity contribution in [2.24, 2.45) is 0 Å². The maximum absolute atomic E-state index is 6.15. The molecule has 2 aromatic carbocycles. The van der Waals surface area contributed by atoms with E-state index >= 15 is 0 Å². The highest BCUT2D eigenvalue weighted by molar-refractivity contribution is 6.30. The second-order valence-corrected chi connectivity index (χ2v) is 5.80. The Labute approximate surface area is 153 Å². The maximum Gasteiger partial charge on any atom is 0.282 e. The van der Waals surface area contributed by atoms with Crippen LogP contribution in [0.5, 0.6) is 5.75 Å². The minimum Gasteiger partial charge on any atom is -0.497 e. The van der Waals surface area contributed by atoms with Gasteiger partial charge in [0.2, 0.25) is 5.82 Å². The van der Waals surface area contributed by atoms with Crippen molar-refractivity contribution in [2.75, 3.05) is 12.8 Å². The summed E-state index contributed by atoms with van der Waals surface area (Å²) >= 11 is 5.90. The Morgan fingerprint density at radius 2 is 1.81 bits per heavy atom. The molecule has 130 valence electrons. The first-order chi connectivity index (χ1) is 12.7. The van der Waals surface area contributed by atoms with Crippen molar-refractivity contribution < 1.29 is 9.26 Å². The average Bonchev–Trinajstić information content (AvgIpc) is 3.29. The van der Waals surface area contributed by atoms with E-state index in [0.29, 0.717) is 16.5 Å². The Kier molecular flexibility index (Phi) is 4.02. The van der Waals surface area contributed by atoms with Gasteiger partial charge in [-0.2, -0.15) is 9.67 Å². The Morgan fingerprint density at radius 3 is 2.50 bits per heavy atom. The minimum absolute atomic E-state index is 0.188. The van der Waals surface area contributed by atoms with Crippen LogP contribution in [-0.4, -0.2) is 32.2 Å². The molecule has 0 aliphatic rings. The van der Waals surface area contributed by atoms with Gasteiger partial charge in [0.05, 0.1) is 12.8 Å². The van der Waals surface area contributed by atoms with E-state index in [0.717, 1.165) is 17.0 Å². The van der Waals surface area contributed by atoms with E-state index in [1.54, 1.807) is 31.4 Å². The van der Waals surface area contributed by atoms with E-state index in [1.165, 1.54) is 4.68 Å². The quantitative estimate of drug-likeness (QED) is 0.589. The molecule has 0 spiro atoms. The van der Waals surface area contributed by atoms with E-state index in [1.807, 2.05) is 24.3 Å². The van der Waals surface area contributed by atoms with Crippen LogP contribution < -0.4 is 10.5 Å². The molecule has 4 aromatic rings. The highest BCUT2D eigenvalue weighted by Gasteiger charge is 2.19. The van der Waals surface area contributed by atoms with Crippen LogP contribution in [0, 0.1) is 0 Å². The maximum atomic E-state index is 6.15. The average molecular weight is 369 g/mol. The van der Waals surface area contributed by atoms with Crippen molar-refractivity contribution in [3.8, 4) is 34.4 Å². The molecule has 0 aliphatic carbocycles. The number of anilines is 1. The van der Waals surface area contributed by atoms with Crippen LogP contribution in [-0.2, 0) is 0 Å². The number of methoxy groups -OCH3 is 1. The summed E-state index contributed by atoms with van der Waals surface area (Å²) in [7, 11) is 1.61. The molecule has 0 aliphatic heterocycles. The van der Waals surface area contributed by atoms with E-state index in [9.17, 15) is 0 Å². The van der Waals surface area contributed by atoms with Crippen molar-refractivity contribution in [3.63, 3.8) is 0 Å². The van der Waals surface area contributed by atoms with E-state index < -0.39 is 0 Å². The van der Waals surface area contributed by atoms with Crippen LogP contribution in [0.3, 0.4) is 0 Å². The van der Waals surface area contributed by atoms with Crippen LogP contribution in [0.1, 0.15) is 0 Å². The molecule has 9 heteroatoms. The Balaban J connectivity index is 1.66. The number of benzene rings is 2. The molecule has 0 amide bonds. The van der Waals surface area contributed by atoms with Gasteiger partial charge in [-0.15, -0.1) is 5.10 Å². The highest BCUT2D eigenvalue weighted by atomic mass is 35.5. The zero-order valence-electron chi connectivity index (χ0n) is 13.6. The predicted octanol–water partition coefficient (Wildman–Crippen LogP) is 3.23. The van der Waals surface area contributed by atoms with E-state index in [-0.39, 0.29) is 11.7 Å². The Bertz CT molecular complexity index is 1040. The second-order valence-electron chi connectivity index (χ2n) is 5.36. The third-order valence-electron chi connectivity index (χ3n) is 3.75. The first-order valence-electron chi connectivity index (χ1n) is 7.61. The molecule has 4 rings (SSSR count). The molecular formula is C17H13ClN6O2. The Morgan fingerprint density at radius 1 is 1.08 bits per heavy atom. The van der Waals surface area contributed by atoms with Crippen molar-refractivity contribution in [2.45, 2.75) is 0 Å². The molecule has 0 unspecified atom stereocenters. The number of hydrogen-bond acceptors (Lipinski definition) is 7. The number of nitrogen functional groups attached to an aromatic ring is 1. The van der Waals surface area contributed by atoms with E-state index in [2.05, 4.69) is 20.5 Å². The summed E-state index contributed by atoms with van der Waals surface area (Å²) < 4.78 is 11.9. The molecular weight excluding hydrogens is 356 g/mol. The number of ether oxygens (including phenoxy) is 1. The van der Waals surface area contributed by atoms with Gasteiger partial charge in [-0.05, 0) is 48.5 Å². The molecule has 0 bridgehead atoms. The van der Waals surface area contributed by atoms with Crippen molar-refractivity contribution in [3.05, 3.63) is 53.6 Å². The third-order valence-corrected chi connectivity index (χ3v) is 4.00. The van der Waals surface area contributed by atoms with Gasteiger partial charge in [0.25, 0.3) is 5.89 Å². The van der Waals surface area contributed by atoms with Gasteiger partial charge in [0.15, 0.2) is 11.5 Å². The van der Waals surface area contributed by atoms with Crippen LogP contribution in [0.2, 0.25) is 5.02 Å². The van der Waals surface area contributed by atoms with Gasteiger partial charge in [-0.25, -0.2) is 0 Å². The first-order valence-corrected chi connectivity index (χ1v) is 7.99. The minimum atomic E-state index is 0.188. The number of halogens is 1. The lowest BCUT2D eigenvalue weighted by molar-refractivity contribution is 0.414. The fraction of sp³-hybridized carbons (Fsp3) is 0.0588. The molecule has 0 saturated heterocycles. The van der Waals surface area contributed by atoms with Gasteiger partial charge in [0.1, 0.15) is 5.75 Å². The molecule has 2 heterocycles. The fourth-order valence-electron chi connectivity index (χ4n) is 2.39. The largest absolute Gasteiger partial charge is 0.497 e. The normalized spacial score (nSPS) is 10.8. The Hall–Kier alpha value is -3.39. The molecule has 8 nitrogen and oxygen atoms in total. The summed E-state index contributed by atoms with van der Waals surface area (Å²) in [6.45, 7) is 0. The molecule has 2 aromatic heterocycles. The van der Waals surface area contributed by atoms with Crippen molar-refractivity contribution in [1.29, 1.82) is 0 Å². The predicted molar refractivity (Wildman–Crippen MR) is 96.1 cm³/mol. The number of nitrogens with zero attached hydrogens (tertiary/aromatic N) is 5. The summed E-state index contributed by atoms with van der Waals surface area (Å²) in [5.41, 5.74) is 7.97. The number of aromatic nitrogens is 5. The lowest BCUT2D eigenvalue weighted by Crippen LogP contribution is -2.02. The van der Waals surface area contributed by atoms with E-state index in [4.69, 9.17) is 26.6 Å². The zero-order valence-corrected chi connectivity index (χ0v) is 14.4. The van der Waals surface area contributed by atoms with Gasteiger partial charge in [-0.1, -0.05) is 22.0 Å². The lowest BCUT2D eigenvalue weighted by Gasteiger charge is -2.02. The molecule has 0 saturated carbocycles. The topological polar surface area (TPSA) is 105 Å². The third kappa shape index (κ3) is 2.86. The van der Waals surface area contributed by atoms with Gasteiger partial charge in [-0.3, -0.25) is 0 Å². The number of hydrogen-bond donors (Lipinski definition) is 1. The monoisotopic (exact) mass is 368 g/mol. The van der Waals surface area contributed by atoms with Crippen LogP contribution >= 0.6 is 11.6 Å². The zero-order chi connectivity index (χ0) is 18.1. The van der Waals surface area contributed by atoms with Gasteiger partial charge >= 0.3 is 0 Å². The van der Waals surface area contributed by atoms with Crippen LogP contribution in [0.4, 0.5) is 5.82 Å². The van der Waals surface area contributed by atoms with Crippen molar-refractivity contribution >= 4 is 17.4 Å². The summed E-state index contributed by atoms with van der Waals surface area (Å²) in [6.07, 6.45) is 0. The summed E-state index contributed by atoms with van der Waals surface area (Å²) in [4.78, 5) is 4.35. The fourth-order valence-corrected chi connectivity index (χ4v) is 2.52. The number of rotatable bonds is 4. The summed E-state index contributed by atoms with van der Waals surface area (Å²) in [5.74, 6) is 1.64. The molecule has 0 fully saturated rings. The van der Waals surface area contributed by atoms with Crippen molar-refractivity contribution in [1.82, 2.24) is 25.1 Å². The van der Waals surface area contributed by atoms with Crippen LogP contribution in [0.15, 0.2) is 53.1 Å². The smallest absolute Gasteiger partial charge is 0.282 e.